The van der Waals surface area contributed by atoms with Gasteiger partial charge in [0.2, 0.25) is 0 Å². The number of anilines is 1. The van der Waals surface area contributed by atoms with E-state index in [0.29, 0.717) is 26.2 Å². The predicted molar refractivity (Wildman–Crippen MR) is 96.8 cm³/mol. The van der Waals surface area contributed by atoms with Gasteiger partial charge in [0.25, 0.3) is 5.91 Å². The molecule has 1 fully saturated rings. The number of thiocarbonyl (C=S) groups is 1. The van der Waals surface area contributed by atoms with Crippen LogP contribution in [0, 0.1) is 0 Å². The molecule has 1 heterocycles. The SMILES string of the molecule is COc1ccccc1N1C(=O)C(=Cc2ccccc2O)SC1=S. The van der Waals surface area contributed by atoms with Gasteiger partial charge in [-0.2, -0.15) is 0 Å². The average Bonchev–Trinajstić information content (AvgIpc) is 2.83. The highest BCUT2D eigenvalue weighted by Crippen LogP contribution is 2.40. The predicted octanol–water partition coefficient (Wildman–Crippen LogP) is 3.81. The second-order valence-electron chi connectivity index (χ2n) is 4.75. The van der Waals surface area contributed by atoms with Gasteiger partial charge in [-0.05, 0) is 24.3 Å². The highest BCUT2D eigenvalue weighted by atomic mass is 32.2. The third kappa shape index (κ3) is 2.95. The van der Waals surface area contributed by atoms with E-state index >= 15 is 0 Å². The molecule has 6 heteroatoms. The molecule has 0 unspecified atom stereocenters. The van der Waals surface area contributed by atoms with Gasteiger partial charge in [-0.3, -0.25) is 9.69 Å². The van der Waals surface area contributed by atoms with Gasteiger partial charge in [-0.1, -0.05) is 54.3 Å². The third-order valence-electron chi connectivity index (χ3n) is 3.34. The van der Waals surface area contributed by atoms with E-state index in [0.717, 1.165) is 0 Å². The molecule has 1 amide bonds. The lowest BCUT2D eigenvalue weighted by molar-refractivity contribution is -0.113. The largest absolute Gasteiger partial charge is 0.507 e. The fourth-order valence-electron chi connectivity index (χ4n) is 2.24. The van der Waals surface area contributed by atoms with Gasteiger partial charge in [-0.25, -0.2) is 0 Å². The first-order chi connectivity index (χ1) is 11.1. The first-order valence-electron chi connectivity index (χ1n) is 6.81. The van der Waals surface area contributed by atoms with Crippen molar-refractivity contribution in [2.24, 2.45) is 0 Å². The summed E-state index contributed by atoms with van der Waals surface area (Å²) in [6.07, 6.45) is 1.64. The van der Waals surface area contributed by atoms with E-state index in [4.69, 9.17) is 17.0 Å². The number of benzene rings is 2. The summed E-state index contributed by atoms with van der Waals surface area (Å²) in [7, 11) is 1.55. The quantitative estimate of drug-likeness (QED) is 0.678. The maximum Gasteiger partial charge on any atom is 0.270 e. The van der Waals surface area contributed by atoms with Crippen LogP contribution in [0.2, 0.25) is 0 Å². The zero-order valence-corrected chi connectivity index (χ0v) is 13.9. The molecule has 0 radical (unpaired) electrons. The van der Waals surface area contributed by atoms with Crippen molar-refractivity contribution in [3.05, 3.63) is 59.0 Å². The second-order valence-corrected chi connectivity index (χ2v) is 6.42. The number of carbonyl (C=O) groups is 1. The Bertz CT molecular complexity index is 817. The molecule has 2 aromatic rings. The van der Waals surface area contributed by atoms with Crippen molar-refractivity contribution in [3.63, 3.8) is 0 Å². The number of ether oxygens (including phenoxy) is 1. The summed E-state index contributed by atoms with van der Waals surface area (Å²) in [5.41, 5.74) is 1.19. The molecule has 1 saturated heterocycles. The Morgan fingerprint density at radius 3 is 2.61 bits per heavy atom. The topological polar surface area (TPSA) is 49.8 Å². The van der Waals surface area contributed by atoms with Crippen LogP contribution in [-0.4, -0.2) is 22.4 Å². The number of hydrogen-bond donors (Lipinski definition) is 1. The van der Waals surface area contributed by atoms with Gasteiger partial charge in [0.1, 0.15) is 11.5 Å². The molecule has 0 atom stereocenters. The van der Waals surface area contributed by atoms with Crippen molar-refractivity contribution in [3.8, 4) is 11.5 Å². The van der Waals surface area contributed by atoms with Gasteiger partial charge >= 0.3 is 0 Å². The Kier molecular flexibility index (Phi) is 4.36. The zero-order chi connectivity index (χ0) is 16.4. The summed E-state index contributed by atoms with van der Waals surface area (Å²) in [6, 6.07) is 14.1. The lowest BCUT2D eigenvalue weighted by atomic mass is 10.2. The van der Waals surface area contributed by atoms with Gasteiger partial charge in [0.15, 0.2) is 4.32 Å². The summed E-state index contributed by atoms with van der Waals surface area (Å²) in [6.45, 7) is 0. The van der Waals surface area contributed by atoms with Crippen LogP contribution in [0.5, 0.6) is 11.5 Å². The van der Waals surface area contributed by atoms with Crippen LogP contribution < -0.4 is 9.64 Å². The van der Waals surface area contributed by atoms with E-state index < -0.39 is 0 Å². The number of phenols is 1. The molecular formula is C17H13NO3S2. The zero-order valence-electron chi connectivity index (χ0n) is 12.2. The van der Waals surface area contributed by atoms with Crippen LogP contribution in [0.3, 0.4) is 0 Å². The molecule has 2 aromatic carbocycles. The first-order valence-corrected chi connectivity index (χ1v) is 8.03. The first kappa shape index (κ1) is 15.6. The minimum Gasteiger partial charge on any atom is -0.507 e. The number of phenolic OH excluding ortho intramolecular Hbond substituents is 1. The summed E-state index contributed by atoms with van der Waals surface area (Å²) >= 11 is 6.54. The molecule has 23 heavy (non-hydrogen) atoms. The second kappa shape index (κ2) is 6.44. The molecule has 1 aliphatic heterocycles. The van der Waals surface area contributed by atoms with Crippen molar-refractivity contribution in [2.75, 3.05) is 12.0 Å². The fourth-order valence-corrected chi connectivity index (χ4v) is 3.52. The lowest BCUT2D eigenvalue weighted by Gasteiger charge is -2.17. The number of carbonyl (C=O) groups excluding carboxylic acids is 1. The molecule has 0 bridgehead atoms. The highest BCUT2D eigenvalue weighted by Gasteiger charge is 2.34. The minimum absolute atomic E-state index is 0.120. The van der Waals surface area contributed by atoms with E-state index in [-0.39, 0.29) is 11.7 Å². The Balaban J connectivity index is 1.99. The van der Waals surface area contributed by atoms with Crippen molar-refractivity contribution < 1.29 is 14.6 Å². The van der Waals surface area contributed by atoms with Crippen LogP contribution in [0.15, 0.2) is 53.4 Å². The van der Waals surface area contributed by atoms with Crippen molar-refractivity contribution >= 4 is 46.0 Å². The summed E-state index contributed by atoms with van der Waals surface area (Å²) < 4.78 is 5.74. The normalized spacial score (nSPS) is 16.2. The molecule has 1 aliphatic rings. The number of nitrogens with zero attached hydrogens (tertiary/aromatic N) is 1. The molecule has 4 nitrogen and oxygen atoms in total. The van der Waals surface area contributed by atoms with Gasteiger partial charge in [0, 0.05) is 5.56 Å². The highest BCUT2D eigenvalue weighted by molar-refractivity contribution is 8.27. The van der Waals surface area contributed by atoms with Crippen molar-refractivity contribution in [1.82, 2.24) is 0 Å². The monoisotopic (exact) mass is 343 g/mol. The van der Waals surface area contributed by atoms with Gasteiger partial charge in [-0.15, -0.1) is 0 Å². The standard InChI is InChI=1S/C17H13NO3S2/c1-21-14-9-5-3-7-12(14)18-16(20)15(23-17(18)22)10-11-6-2-4-8-13(11)19/h2-10,19H,1H3. The fraction of sp³-hybridized carbons (Fsp3) is 0.0588. The Morgan fingerprint density at radius 2 is 1.87 bits per heavy atom. The van der Waals surface area contributed by atoms with Crippen LogP contribution in [-0.2, 0) is 4.79 Å². The van der Waals surface area contributed by atoms with Crippen LogP contribution in [0.25, 0.3) is 6.08 Å². The van der Waals surface area contributed by atoms with E-state index in [2.05, 4.69) is 0 Å². The summed E-state index contributed by atoms with van der Waals surface area (Å²) in [4.78, 5) is 14.6. The molecule has 0 aliphatic carbocycles. The van der Waals surface area contributed by atoms with Crippen molar-refractivity contribution in [1.29, 1.82) is 0 Å². The van der Waals surface area contributed by atoms with Crippen LogP contribution >= 0.6 is 24.0 Å². The van der Waals surface area contributed by atoms with E-state index in [9.17, 15) is 9.90 Å². The van der Waals surface area contributed by atoms with Gasteiger partial charge in [0.05, 0.1) is 17.7 Å². The van der Waals surface area contributed by atoms with Gasteiger partial charge < -0.3 is 9.84 Å². The molecule has 1 N–H and O–H groups in total. The molecule has 0 aromatic heterocycles. The number of thioether (sulfide) groups is 1. The number of para-hydroxylation sites is 3. The molecule has 0 saturated carbocycles. The number of methoxy groups -OCH3 is 1. The number of aromatic hydroxyl groups is 1. The number of hydrogen-bond acceptors (Lipinski definition) is 5. The molecule has 116 valence electrons. The van der Waals surface area contributed by atoms with Crippen molar-refractivity contribution in [2.45, 2.75) is 0 Å². The Labute approximate surface area is 143 Å². The number of rotatable bonds is 3. The maximum absolute atomic E-state index is 12.7. The Hall–Kier alpha value is -2.31. The molecular weight excluding hydrogens is 330 g/mol. The van der Waals surface area contributed by atoms with Crippen LogP contribution in [0.4, 0.5) is 5.69 Å². The Morgan fingerprint density at radius 1 is 1.17 bits per heavy atom. The van der Waals surface area contributed by atoms with E-state index in [1.807, 2.05) is 12.1 Å². The van der Waals surface area contributed by atoms with E-state index in [1.165, 1.54) is 16.7 Å². The van der Waals surface area contributed by atoms with E-state index in [1.54, 1.807) is 49.6 Å². The lowest BCUT2D eigenvalue weighted by Crippen LogP contribution is -2.27. The van der Waals surface area contributed by atoms with Crippen LogP contribution in [0.1, 0.15) is 5.56 Å². The summed E-state index contributed by atoms with van der Waals surface area (Å²) in [5.74, 6) is 0.468. The molecule has 3 rings (SSSR count). The third-order valence-corrected chi connectivity index (χ3v) is 4.65. The maximum atomic E-state index is 12.7. The minimum atomic E-state index is -0.229. The average molecular weight is 343 g/mol. The summed E-state index contributed by atoms with van der Waals surface area (Å²) in [5, 5.41) is 9.86. The smallest absolute Gasteiger partial charge is 0.270 e. The molecule has 0 spiro atoms. The number of amides is 1.